The second-order valence-electron chi connectivity index (χ2n) is 4.46. The molecule has 0 N–H and O–H groups in total. The lowest BCUT2D eigenvalue weighted by molar-refractivity contribution is 0.409. The molecule has 3 nitrogen and oxygen atoms in total. The second kappa shape index (κ2) is 3.86. The van der Waals surface area contributed by atoms with Crippen LogP contribution in [-0.4, -0.2) is 34.4 Å². The summed E-state index contributed by atoms with van der Waals surface area (Å²) in [5.41, 5.74) is 1.16. The van der Waals surface area contributed by atoms with Crippen molar-refractivity contribution in [3.8, 4) is 0 Å². The van der Waals surface area contributed by atoms with E-state index in [0.29, 0.717) is 5.92 Å². The third-order valence-electron chi connectivity index (χ3n) is 3.29. The van der Waals surface area contributed by atoms with Gasteiger partial charge in [-0.05, 0) is 48.1 Å². The molecule has 1 unspecified atom stereocenters. The molecule has 0 aromatic carbocycles. The van der Waals surface area contributed by atoms with Gasteiger partial charge in [0.05, 0.1) is 5.52 Å². The monoisotopic (exact) mass is 279 g/mol. The van der Waals surface area contributed by atoms with Gasteiger partial charge in [-0.1, -0.05) is 6.07 Å². The Balaban J connectivity index is 2.10. The predicted molar refractivity (Wildman–Crippen MR) is 67.7 cm³/mol. The number of imidazole rings is 1. The summed E-state index contributed by atoms with van der Waals surface area (Å²) in [7, 11) is 2.17. The first-order chi connectivity index (χ1) is 7.75. The van der Waals surface area contributed by atoms with Crippen LogP contribution in [0.25, 0.3) is 5.52 Å². The first-order valence-electron chi connectivity index (χ1n) is 5.57. The molecule has 2 aromatic heterocycles. The molecule has 1 aliphatic rings. The lowest BCUT2D eigenvalue weighted by Crippen LogP contribution is -2.14. The van der Waals surface area contributed by atoms with Gasteiger partial charge in [-0.15, -0.1) is 0 Å². The van der Waals surface area contributed by atoms with Crippen LogP contribution in [0.2, 0.25) is 0 Å². The third-order valence-corrected chi connectivity index (χ3v) is 3.87. The Hall–Kier alpha value is -0.870. The van der Waals surface area contributed by atoms with Crippen LogP contribution in [0.5, 0.6) is 0 Å². The molecule has 0 bridgehead atoms. The molecule has 3 rings (SSSR count). The normalized spacial score (nSPS) is 22.0. The lowest BCUT2D eigenvalue weighted by Gasteiger charge is -2.09. The van der Waals surface area contributed by atoms with Crippen LogP contribution in [0.1, 0.15) is 18.2 Å². The highest BCUT2D eigenvalue weighted by Crippen LogP contribution is 2.29. The van der Waals surface area contributed by atoms with E-state index in [0.717, 1.165) is 16.7 Å². The highest BCUT2D eigenvalue weighted by Gasteiger charge is 2.25. The first-order valence-corrected chi connectivity index (χ1v) is 6.36. The molecule has 3 heterocycles. The highest BCUT2D eigenvalue weighted by molar-refractivity contribution is 9.10. The van der Waals surface area contributed by atoms with Gasteiger partial charge in [0.15, 0.2) is 0 Å². The van der Waals surface area contributed by atoms with Crippen LogP contribution >= 0.6 is 15.9 Å². The number of fused-ring (bicyclic) bond motifs is 1. The quantitative estimate of drug-likeness (QED) is 0.800. The Labute approximate surface area is 103 Å². The van der Waals surface area contributed by atoms with E-state index in [4.69, 9.17) is 0 Å². The number of hydrogen-bond donors (Lipinski definition) is 0. The van der Waals surface area contributed by atoms with Gasteiger partial charge in [0.25, 0.3) is 0 Å². The van der Waals surface area contributed by atoms with Crippen molar-refractivity contribution in [1.29, 1.82) is 0 Å². The van der Waals surface area contributed by atoms with E-state index < -0.39 is 0 Å². The molecular weight excluding hydrogens is 266 g/mol. The lowest BCUT2D eigenvalue weighted by atomic mass is 10.1. The maximum absolute atomic E-state index is 4.66. The van der Waals surface area contributed by atoms with Crippen molar-refractivity contribution < 1.29 is 0 Å². The number of aromatic nitrogens is 2. The van der Waals surface area contributed by atoms with Crippen molar-refractivity contribution in [2.75, 3.05) is 20.1 Å². The van der Waals surface area contributed by atoms with Crippen molar-refractivity contribution in [2.45, 2.75) is 12.3 Å². The standard InChI is InChI=1S/C12H14BrN3/c1-15-7-5-9(8-15)12-14-11(13)10-4-2-3-6-16(10)12/h2-4,6,9H,5,7-8H2,1H3. The molecular formula is C12H14BrN3. The zero-order valence-electron chi connectivity index (χ0n) is 9.23. The van der Waals surface area contributed by atoms with Gasteiger partial charge >= 0.3 is 0 Å². The number of likely N-dealkylation sites (N-methyl/N-ethyl adjacent to an activating group) is 1. The summed E-state index contributed by atoms with van der Waals surface area (Å²) in [4.78, 5) is 7.02. The van der Waals surface area contributed by atoms with Crippen LogP contribution in [0.15, 0.2) is 29.0 Å². The molecule has 0 radical (unpaired) electrons. The highest BCUT2D eigenvalue weighted by atomic mass is 79.9. The van der Waals surface area contributed by atoms with Crippen molar-refractivity contribution in [2.24, 2.45) is 0 Å². The molecule has 0 amide bonds. The summed E-state index contributed by atoms with van der Waals surface area (Å²) in [6, 6.07) is 6.20. The van der Waals surface area contributed by atoms with Crippen molar-refractivity contribution in [1.82, 2.24) is 14.3 Å². The van der Waals surface area contributed by atoms with Gasteiger partial charge in [0.1, 0.15) is 10.4 Å². The van der Waals surface area contributed by atoms with E-state index in [-0.39, 0.29) is 0 Å². The number of pyridine rings is 1. The summed E-state index contributed by atoms with van der Waals surface area (Å²) in [5, 5.41) is 0. The van der Waals surface area contributed by atoms with E-state index in [9.17, 15) is 0 Å². The number of rotatable bonds is 1. The van der Waals surface area contributed by atoms with Gasteiger partial charge in [-0.3, -0.25) is 0 Å². The SMILES string of the molecule is CN1CCC(c2nc(Br)c3ccccn23)C1. The summed E-state index contributed by atoms with van der Waals surface area (Å²) >= 11 is 3.53. The Morgan fingerprint density at radius 2 is 2.31 bits per heavy atom. The van der Waals surface area contributed by atoms with Gasteiger partial charge in [-0.2, -0.15) is 0 Å². The molecule has 0 spiro atoms. The van der Waals surface area contributed by atoms with E-state index in [1.54, 1.807) is 0 Å². The zero-order valence-corrected chi connectivity index (χ0v) is 10.8. The summed E-state index contributed by atoms with van der Waals surface area (Å²) in [5.74, 6) is 1.75. The minimum absolute atomic E-state index is 0.561. The predicted octanol–water partition coefficient (Wildman–Crippen LogP) is 2.52. The minimum atomic E-state index is 0.561. The Bertz CT molecular complexity index is 520. The topological polar surface area (TPSA) is 20.5 Å². The summed E-state index contributed by atoms with van der Waals surface area (Å²) in [6.07, 6.45) is 3.30. The Morgan fingerprint density at radius 1 is 1.44 bits per heavy atom. The van der Waals surface area contributed by atoms with Crippen LogP contribution in [0.4, 0.5) is 0 Å². The molecule has 4 heteroatoms. The summed E-state index contributed by atoms with van der Waals surface area (Å²) in [6.45, 7) is 2.28. The largest absolute Gasteiger partial charge is 0.306 e. The van der Waals surface area contributed by atoms with Gasteiger partial charge in [0, 0.05) is 18.7 Å². The Kier molecular flexibility index (Phi) is 2.48. The molecule has 1 atom stereocenters. The molecule has 1 aliphatic heterocycles. The van der Waals surface area contributed by atoms with Gasteiger partial charge in [-0.25, -0.2) is 4.98 Å². The summed E-state index contributed by atoms with van der Waals surface area (Å²) < 4.78 is 3.16. The van der Waals surface area contributed by atoms with E-state index in [2.05, 4.69) is 55.6 Å². The molecule has 2 aromatic rings. The Morgan fingerprint density at radius 3 is 3.06 bits per heavy atom. The van der Waals surface area contributed by atoms with E-state index in [1.165, 1.54) is 18.8 Å². The smallest absolute Gasteiger partial charge is 0.132 e. The zero-order chi connectivity index (χ0) is 11.1. The van der Waals surface area contributed by atoms with Crippen LogP contribution in [-0.2, 0) is 0 Å². The first kappa shape index (κ1) is 10.3. The fraction of sp³-hybridized carbons (Fsp3) is 0.417. The maximum atomic E-state index is 4.66. The van der Waals surface area contributed by atoms with Gasteiger partial charge in [0.2, 0.25) is 0 Å². The average Bonchev–Trinajstić information content (AvgIpc) is 2.84. The maximum Gasteiger partial charge on any atom is 0.132 e. The molecule has 16 heavy (non-hydrogen) atoms. The van der Waals surface area contributed by atoms with Crippen LogP contribution in [0, 0.1) is 0 Å². The van der Waals surface area contributed by atoms with E-state index in [1.807, 2.05) is 6.07 Å². The van der Waals surface area contributed by atoms with Crippen molar-refractivity contribution >= 4 is 21.4 Å². The van der Waals surface area contributed by atoms with Crippen molar-refractivity contribution in [3.05, 3.63) is 34.8 Å². The van der Waals surface area contributed by atoms with Crippen molar-refractivity contribution in [3.63, 3.8) is 0 Å². The molecule has 1 saturated heterocycles. The molecule has 1 fully saturated rings. The number of halogens is 1. The fourth-order valence-electron chi connectivity index (χ4n) is 2.46. The number of nitrogens with zero attached hydrogens (tertiary/aromatic N) is 3. The number of hydrogen-bond acceptors (Lipinski definition) is 2. The van der Waals surface area contributed by atoms with Crippen LogP contribution < -0.4 is 0 Å². The van der Waals surface area contributed by atoms with E-state index >= 15 is 0 Å². The number of likely N-dealkylation sites (tertiary alicyclic amines) is 1. The molecule has 0 saturated carbocycles. The van der Waals surface area contributed by atoms with Gasteiger partial charge < -0.3 is 9.30 Å². The minimum Gasteiger partial charge on any atom is -0.306 e. The second-order valence-corrected chi connectivity index (χ2v) is 5.22. The average molecular weight is 280 g/mol. The molecule has 0 aliphatic carbocycles. The molecule has 84 valence electrons. The third kappa shape index (κ3) is 1.57. The van der Waals surface area contributed by atoms with Crippen LogP contribution in [0.3, 0.4) is 0 Å². The fourth-order valence-corrected chi connectivity index (χ4v) is 2.96.